The van der Waals surface area contributed by atoms with Gasteiger partial charge in [0.2, 0.25) is 5.95 Å². The first kappa shape index (κ1) is 34.9. The Balaban J connectivity index is 1.34. The highest BCUT2D eigenvalue weighted by Crippen LogP contribution is 2.32. The predicted molar refractivity (Wildman–Crippen MR) is 158 cm³/mol. The van der Waals surface area contributed by atoms with Crippen molar-refractivity contribution in [3.63, 3.8) is 0 Å². The molecular formula is C27H35F6N9O3Si. The summed E-state index contributed by atoms with van der Waals surface area (Å²) < 4.78 is 87.6. The molecule has 0 unspecified atom stereocenters. The number of piperazine rings is 1. The van der Waals surface area contributed by atoms with Crippen molar-refractivity contribution in [2.24, 2.45) is 0 Å². The summed E-state index contributed by atoms with van der Waals surface area (Å²) >= 11 is 0. The average Bonchev–Trinajstić information content (AvgIpc) is 3.42. The van der Waals surface area contributed by atoms with Crippen molar-refractivity contribution >= 4 is 25.6 Å². The van der Waals surface area contributed by atoms with Crippen molar-refractivity contribution in [1.82, 2.24) is 34.4 Å². The summed E-state index contributed by atoms with van der Waals surface area (Å²) in [6.07, 6.45) is -5.62. The van der Waals surface area contributed by atoms with Crippen LogP contribution in [0.5, 0.6) is 0 Å². The SMILES string of the molecule is C[C@@H](Cn1ccc(C(=O)N2CCN(c3ncc(C(F)(F)F)cn3)CC2)n1)Nc1cnn(COCC[Si](C)(C)C)c(=O)c1C(F)(F)F. The Morgan fingerprint density at radius 1 is 1.02 bits per heavy atom. The molecular weight excluding hydrogens is 640 g/mol. The van der Waals surface area contributed by atoms with Crippen LogP contribution in [0.25, 0.3) is 0 Å². The van der Waals surface area contributed by atoms with Gasteiger partial charge in [-0.25, -0.2) is 14.6 Å². The summed E-state index contributed by atoms with van der Waals surface area (Å²) in [6, 6.07) is 1.61. The lowest BCUT2D eigenvalue weighted by atomic mass is 10.2. The zero-order valence-electron chi connectivity index (χ0n) is 25.7. The van der Waals surface area contributed by atoms with Gasteiger partial charge in [0, 0.05) is 65.5 Å². The van der Waals surface area contributed by atoms with Crippen molar-refractivity contribution < 1.29 is 35.9 Å². The number of carbonyl (C=O) groups excluding carboxylic acids is 1. The Morgan fingerprint density at radius 3 is 2.26 bits per heavy atom. The monoisotopic (exact) mass is 675 g/mol. The molecule has 0 aromatic carbocycles. The fourth-order valence-electron chi connectivity index (χ4n) is 4.56. The summed E-state index contributed by atoms with van der Waals surface area (Å²) in [6.45, 7) is 9.02. The molecule has 3 aromatic rings. The summed E-state index contributed by atoms with van der Waals surface area (Å²) in [5.41, 5.74) is -4.04. The van der Waals surface area contributed by atoms with Crippen LogP contribution in [0.1, 0.15) is 28.5 Å². The van der Waals surface area contributed by atoms with Gasteiger partial charge in [-0.3, -0.25) is 14.3 Å². The van der Waals surface area contributed by atoms with E-state index >= 15 is 0 Å². The van der Waals surface area contributed by atoms with Crippen LogP contribution in [-0.2, 0) is 30.4 Å². The van der Waals surface area contributed by atoms with Gasteiger partial charge in [0.05, 0.1) is 24.0 Å². The largest absolute Gasteiger partial charge is 0.423 e. The normalized spacial score (nSPS) is 15.3. The second-order valence-corrected chi connectivity index (χ2v) is 17.7. The molecule has 1 amide bonds. The fourth-order valence-corrected chi connectivity index (χ4v) is 5.32. The van der Waals surface area contributed by atoms with Crippen molar-refractivity contribution in [2.45, 2.75) is 64.3 Å². The number of halogens is 6. The van der Waals surface area contributed by atoms with Gasteiger partial charge in [0.15, 0.2) is 0 Å². The molecule has 3 aromatic heterocycles. The van der Waals surface area contributed by atoms with E-state index in [4.69, 9.17) is 4.74 Å². The van der Waals surface area contributed by atoms with Crippen LogP contribution >= 0.6 is 0 Å². The maximum atomic E-state index is 13.9. The van der Waals surface area contributed by atoms with Crippen LogP contribution in [0.2, 0.25) is 25.7 Å². The molecule has 0 aliphatic carbocycles. The highest BCUT2D eigenvalue weighted by Gasteiger charge is 2.38. The average molecular weight is 676 g/mol. The number of ether oxygens (including phenoxy) is 1. The molecule has 1 fully saturated rings. The number of hydrogen-bond acceptors (Lipinski definition) is 9. The molecule has 19 heteroatoms. The van der Waals surface area contributed by atoms with E-state index in [0.29, 0.717) is 23.7 Å². The Labute approximate surface area is 261 Å². The number of rotatable bonds is 11. The van der Waals surface area contributed by atoms with E-state index in [1.165, 1.54) is 21.8 Å². The quantitative estimate of drug-likeness (QED) is 0.182. The van der Waals surface area contributed by atoms with Crippen LogP contribution in [0.15, 0.2) is 35.6 Å². The highest BCUT2D eigenvalue weighted by molar-refractivity contribution is 6.76. The molecule has 0 radical (unpaired) electrons. The van der Waals surface area contributed by atoms with Crippen molar-refractivity contribution in [3.05, 3.63) is 58.0 Å². The molecule has 1 atom stereocenters. The minimum atomic E-state index is -4.95. The Kier molecular flexibility index (Phi) is 10.4. The van der Waals surface area contributed by atoms with Crippen molar-refractivity contribution in [2.75, 3.05) is 43.0 Å². The number of nitrogens with zero attached hydrogens (tertiary/aromatic N) is 8. The number of nitrogens with one attached hydrogen (secondary N) is 1. The first-order chi connectivity index (χ1) is 21.4. The molecule has 1 N–H and O–H groups in total. The number of anilines is 2. The number of alkyl halides is 6. The highest BCUT2D eigenvalue weighted by atomic mass is 28.3. The lowest BCUT2D eigenvalue weighted by Gasteiger charge is -2.34. The maximum Gasteiger partial charge on any atom is 0.423 e. The molecule has 252 valence electrons. The molecule has 46 heavy (non-hydrogen) atoms. The fraction of sp³-hybridized carbons (Fsp3) is 0.556. The van der Waals surface area contributed by atoms with Gasteiger partial charge in [-0.05, 0) is 19.0 Å². The van der Waals surface area contributed by atoms with Crippen molar-refractivity contribution in [1.29, 1.82) is 0 Å². The Hall–Kier alpha value is -4.00. The van der Waals surface area contributed by atoms with Gasteiger partial charge in [-0.15, -0.1) is 0 Å². The number of carbonyl (C=O) groups is 1. The summed E-state index contributed by atoms with van der Waals surface area (Å²) in [4.78, 5) is 36.5. The lowest BCUT2D eigenvalue weighted by Crippen LogP contribution is -2.49. The first-order valence-electron chi connectivity index (χ1n) is 14.4. The molecule has 12 nitrogen and oxygen atoms in total. The zero-order valence-corrected chi connectivity index (χ0v) is 26.7. The third-order valence-electron chi connectivity index (χ3n) is 7.08. The van der Waals surface area contributed by atoms with Gasteiger partial charge in [0.1, 0.15) is 18.0 Å². The summed E-state index contributed by atoms with van der Waals surface area (Å²) in [7, 11) is -1.43. The smallest absolute Gasteiger partial charge is 0.379 e. The van der Waals surface area contributed by atoms with Gasteiger partial charge < -0.3 is 19.9 Å². The lowest BCUT2D eigenvalue weighted by molar-refractivity contribution is -0.139. The third kappa shape index (κ3) is 9.05. The molecule has 4 heterocycles. The van der Waals surface area contributed by atoms with Crippen molar-refractivity contribution in [3.8, 4) is 0 Å². The number of amides is 1. The molecule has 0 saturated carbocycles. The number of aromatic nitrogens is 6. The van der Waals surface area contributed by atoms with E-state index < -0.39 is 55.6 Å². The standard InChI is InChI=1S/C27H35F6N9O3Si/c1-18(37-21-15-36-42(17-45-11-12-46(2,3)4)24(44)22(21)27(31,32)33)16-41-6-5-20(38-41)23(43)39-7-9-40(10-8-39)25-34-13-19(14-35-25)26(28,29)30/h5-6,13-15,18,37H,7-12,16-17H2,1-4H3/t18-/m0/s1. The van der Waals surface area contributed by atoms with E-state index in [-0.39, 0.29) is 50.3 Å². The van der Waals surface area contributed by atoms with Gasteiger partial charge in [0.25, 0.3) is 11.5 Å². The molecule has 1 aliphatic heterocycles. The van der Waals surface area contributed by atoms with E-state index in [1.807, 2.05) is 0 Å². The summed E-state index contributed by atoms with van der Waals surface area (Å²) in [5, 5.41) is 10.8. The molecule has 4 rings (SSSR count). The third-order valence-corrected chi connectivity index (χ3v) is 8.78. The van der Waals surface area contributed by atoms with E-state index in [0.717, 1.165) is 12.2 Å². The second-order valence-electron chi connectivity index (χ2n) is 12.1. The van der Waals surface area contributed by atoms with Crippen LogP contribution < -0.4 is 15.8 Å². The Morgan fingerprint density at radius 2 is 1.67 bits per heavy atom. The van der Waals surface area contributed by atoms with E-state index in [9.17, 15) is 35.9 Å². The molecule has 0 spiro atoms. The van der Waals surface area contributed by atoms with Crippen LogP contribution in [0.3, 0.4) is 0 Å². The molecule has 1 aliphatic rings. The Bertz CT molecular complexity index is 1550. The summed E-state index contributed by atoms with van der Waals surface area (Å²) in [5.74, 6) is -0.260. The molecule has 0 bridgehead atoms. The minimum Gasteiger partial charge on any atom is -0.379 e. The van der Waals surface area contributed by atoms with Crippen LogP contribution in [0, 0.1) is 0 Å². The zero-order chi connectivity index (χ0) is 33.9. The topological polar surface area (TPSA) is 123 Å². The number of hydrogen-bond donors (Lipinski definition) is 1. The van der Waals surface area contributed by atoms with Gasteiger partial charge >= 0.3 is 12.4 Å². The first-order valence-corrected chi connectivity index (χ1v) is 18.1. The maximum absolute atomic E-state index is 13.9. The van der Waals surface area contributed by atoms with Crippen LogP contribution in [0.4, 0.5) is 38.0 Å². The molecule has 1 saturated heterocycles. The predicted octanol–water partition coefficient (Wildman–Crippen LogP) is 4.04. The van der Waals surface area contributed by atoms with E-state index in [2.05, 4.69) is 45.1 Å². The van der Waals surface area contributed by atoms with Gasteiger partial charge in [-0.1, -0.05) is 19.6 Å². The van der Waals surface area contributed by atoms with Gasteiger partial charge in [-0.2, -0.15) is 36.5 Å². The minimum absolute atomic E-state index is 0.0620. The van der Waals surface area contributed by atoms with E-state index in [1.54, 1.807) is 11.8 Å². The van der Waals surface area contributed by atoms with Crippen LogP contribution in [-0.4, -0.2) is 87.2 Å². The second kappa shape index (κ2) is 13.8.